The highest BCUT2D eigenvalue weighted by Crippen LogP contribution is 2.56. The number of rotatable bonds is 8. The average molecular weight is 382 g/mol. The predicted octanol–water partition coefficient (Wildman–Crippen LogP) is 5.08. The van der Waals surface area contributed by atoms with Crippen LogP contribution in [-0.4, -0.2) is 24.8 Å². The Hall–Kier alpha value is -2.33. The second kappa shape index (κ2) is 8.78. The Morgan fingerprint density at radius 1 is 1.07 bits per heavy atom. The molecule has 3 rings (SSSR count). The summed E-state index contributed by atoms with van der Waals surface area (Å²) < 4.78 is 11.3. The van der Waals surface area contributed by atoms with Crippen molar-refractivity contribution in [1.29, 1.82) is 0 Å². The molecule has 4 heteroatoms. The normalized spacial score (nSPS) is 21.2. The summed E-state index contributed by atoms with van der Waals surface area (Å²) in [4.78, 5) is 12.0. The van der Waals surface area contributed by atoms with Crippen molar-refractivity contribution in [1.82, 2.24) is 5.32 Å². The van der Waals surface area contributed by atoms with E-state index in [2.05, 4.69) is 41.7 Å². The molecule has 0 heterocycles. The fraction of sp³-hybridized carbons (Fsp3) is 0.458. The molecule has 0 bridgehead atoms. The zero-order chi connectivity index (χ0) is 20.0. The first-order chi connectivity index (χ1) is 13.4. The smallest absolute Gasteiger partial charge is 0.407 e. The summed E-state index contributed by atoms with van der Waals surface area (Å²) in [5.74, 6) is 0.471. The molecule has 1 fully saturated rings. The zero-order valence-electron chi connectivity index (χ0n) is 17.1. The Morgan fingerprint density at radius 3 is 2.36 bits per heavy atom. The van der Waals surface area contributed by atoms with Gasteiger partial charge in [-0.05, 0) is 50.7 Å². The Kier molecular flexibility index (Phi) is 6.40. The van der Waals surface area contributed by atoms with E-state index in [4.69, 9.17) is 9.47 Å². The number of hydrogen-bond acceptors (Lipinski definition) is 3. The molecule has 1 amide bonds. The van der Waals surface area contributed by atoms with Crippen LogP contribution in [0.15, 0.2) is 60.7 Å². The van der Waals surface area contributed by atoms with Gasteiger partial charge < -0.3 is 14.8 Å². The van der Waals surface area contributed by atoms with Gasteiger partial charge in [0.15, 0.2) is 0 Å². The molecule has 1 aliphatic rings. The maximum Gasteiger partial charge on any atom is 0.407 e. The first-order valence-corrected chi connectivity index (χ1v) is 10.0. The van der Waals surface area contributed by atoms with E-state index in [1.807, 2.05) is 45.0 Å². The lowest BCUT2D eigenvalue weighted by Crippen LogP contribution is -2.34. The molecule has 2 aromatic rings. The molecule has 0 aromatic heterocycles. The lowest BCUT2D eigenvalue weighted by molar-refractivity contribution is 0.0525. The van der Waals surface area contributed by atoms with Crippen molar-refractivity contribution < 1.29 is 14.3 Å². The van der Waals surface area contributed by atoms with Gasteiger partial charge >= 0.3 is 6.09 Å². The predicted molar refractivity (Wildman–Crippen MR) is 111 cm³/mol. The van der Waals surface area contributed by atoms with E-state index in [0.717, 1.165) is 19.4 Å². The van der Waals surface area contributed by atoms with Crippen LogP contribution >= 0.6 is 0 Å². The summed E-state index contributed by atoms with van der Waals surface area (Å²) in [7, 11) is 0. The number of carbonyl (C=O) groups is 1. The van der Waals surface area contributed by atoms with Crippen molar-refractivity contribution in [2.24, 2.45) is 5.92 Å². The molecule has 0 aliphatic heterocycles. The fourth-order valence-electron chi connectivity index (χ4n) is 3.77. The zero-order valence-corrected chi connectivity index (χ0v) is 17.1. The molecule has 1 N–H and O–H groups in total. The van der Waals surface area contributed by atoms with Crippen LogP contribution in [0.1, 0.15) is 44.7 Å². The second-order valence-electron chi connectivity index (χ2n) is 8.60. The van der Waals surface area contributed by atoms with Crippen LogP contribution in [0.4, 0.5) is 4.79 Å². The van der Waals surface area contributed by atoms with Gasteiger partial charge in [0.25, 0.3) is 0 Å². The van der Waals surface area contributed by atoms with Crippen LogP contribution in [0.5, 0.6) is 0 Å². The number of amides is 1. The standard InChI is InChI=1S/C24H31NO3/c1-23(2,3)28-22(26)25-15-14-24(20-12-8-5-9-13-20)16-21(24)18-27-17-19-10-6-4-7-11-19/h4-13,21H,14-18H2,1-3H3,(H,25,26)/t21-,24+/m0/s1. The van der Waals surface area contributed by atoms with Crippen LogP contribution in [0.25, 0.3) is 0 Å². The van der Waals surface area contributed by atoms with Gasteiger partial charge in [0.05, 0.1) is 13.2 Å². The Morgan fingerprint density at radius 2 is 1.71 bits per heavy atom. The van der Waals surface area contributed by atoms with Crippen LogP contribution < -0.4 is 5.32 Å². The first-order valence-electron chi connectivity index (χ1n) is 10.0. The highest BCUT2D eigenvalue weighted by molar-refractivity contribution is 5.67. The van der Waals surface area contributed by atoms with Crippen LogP contribution in [0.3, 0.4) is 0 Å². The third-order valence-corrected chi connectivity index (χ3v) is 5.25. The molecule has 0 radical (unpaired) electrons. The van der Waals surface area contributed by atoms with Crippen molar-refractivity contribution in [3.63, 3.8) is 0 Å². The molecule has 0 unspecified atom stereocenters. The number of alkyl carbamates (subject to hydrolysis) is 1. The quantitative estimate of drug-likeness (QED) is 0.694. The van der Waals surface area contributed by atoms with E-state index in [9.17, 15) is 4.79 Å². The van der Waals surface area contributed by atoms with E-state index >= 15 is 0 Å². The van der Waals surface area contributed by atoms with Gasteiger partial charge in [-0.25, -0.2) is 4.79 Å². The van der Waals surface area contributed by atoms with Gasteiger partial charge in [-0.3, -0.25) is 0 Å². The number of ether oxygens (including phenoxy) is 2. The second-order valence-corrected chi connectivity index (χ2v) is 8.60. The van der Waals surface area contributed by atoms with Crippen molar-refractivity contribution in [2.45, 2.75) is 51.2 Å². The van der Waals surface area contributed by atoms with Gasteiger partial charge in [0.2, 0.25) is 0 Å². The number of nitrogens with one attached hydrogen (secondary N) is 1. The SMILES string of the molecule is CC(C)(C)OC(=O)NCC[C@]1(c2ccccc2)C[C@H]1COCc1ccccc1. The van der Waals surface area contributed by atoms with Crippen molar-refractivity contribution in [3.8, 4) is 0 Å². The van der Waals surface area contributed by atoms with E-state index < -0.39 is 5.60 Å². The average Bonchev–Trinajstić information content (AvgIpc) is 3.36. The largest absolute Gasteiger partial charge is 0.444 e. The van der Waals surface area contributed by atoms with Gasteiger partial charge in [-0.2, -0.15) is 0 Å². The minimum Gasteiger partial charge on any atom is -0.444 e. The van der Waals surface area contributed by atoms with Crippen LogP contribution in [-0.2, 0) is 21.5 Å². The molecule has 28 heavy (non-hydrogen) atoms. The number of carbonyl (C=O) groups excluding carboxylic acids is 1. The van der Waals surface area contributed by atoms with Gasteiger partial charge in [0, 0.05) is 12.0 Å². The highest BCUT2D eigenvalue weighted by Gasteiger charge is 2.54. The monoisotopic (exact) mass is 381 g/mol. The summed E-state index contributed by atoms with van der Waals surface area (Å²) in [6, 6.07) is 20.8. The Labute approximate surface area is 168 Å². The molecule has 0 spiro atoms. The van der Waals surface area contributed by atoms with Crippen molar-refractivity contribution >= 4 is 6.09 Å². The maximum atomic E-state index is 12.0. The molecular weight excluding hydrogens is 350 g/mol. The van der Waals surface area contributed by atoms with E-state index in [-0.39, 0.29) is 11.5 Å². The summed E-state index contributed by atoms with van der Waals surface area (Å²) in [5, 5.41) is 2.91. The van der Waals surface area contributed by atoms with E-state index in [0.29, 0.717) is 19.1 Å². The maximum absolute atomic E-state index is 12.0. The van der Waals surface area contributed by atoms with Crippen LogP contribution in [0, 0.1) is 5.92 Å². The fourth-order valence-corrected chi connectivity index (χ4v) is 3.77. The summed E-state index contributed by atoms with van der Waals surface area (Å²) in [5.41, 5.74) is 2.12. The minimum absolute atomic E-state index is 0.0763. The van der Waals surface area contributed by atoms with Crippen molar-refractivity contribution in [2.75, 3.05) is 13.2 Å². The van der Waals surface area contributed by atoms with Gasteiger partial charge in [0.1, 0.15) is 5.60 Å². The van der Waals surface area contributed by atoms with Gasteiger partial charge in [-0.15, -0.1) is 0 Å². The van der Waals surface area contributed by atoms with E-state index in [1.54, 1.807) is 0 Å². The summed E-state index contributed by atoms with van der Waals surface area (Å²) in [6.07, 6.45) is 1.62. The molecule has 0 saturated heterocycles. The summed E-state index contributed by atoms with van der Waals surface area (Å²) >= 11 is 0. The molecule has 1 aliphatic carbocycles. The number of hydrogen-bond donors (Lipinski definition) is 1. The third kappa shape index (κ3) is 5.59. The third-order valence-electron chi connectivity index (χ3n) is 5.25. The summed E-state index contributed by atoms with van der Waals surface area (Å²) in [6.45, 7) is 7.59. The van der Waals surface area contributed by atoms with Crippen molar-refractivity contribution in [3.05, 3.63) is 71.8 Å². The molecule has 2 atom stereocenters. The molecule has 150 valence electrons. The lowest BCUT2D eigenvalue weighted by Gasteiger charge is -2.22. The topological polar surface area (TPSA) is 47.6 Å². The highest BCUT2D eigenvalue weighted by atomic mass is 16.6. The number of benzene rings is 2. The molecule has 2 aromatic carbocycles. The molecule has 1 saturated carbocycles. The van der Waals surface area contributed by atoms with Gasteiger partial charge in [-0.1, -0.05) is 60.7 Å². The molecule has 4 nitrogen and oxygen atoms in total. The lowest BCUT2D eigenvalue weighted by atomic mass is 9.90. The molecular formula is C24H31NO3. The Bertz CT molecular complexity index is 754. The van der Waals surface area contributed by atoms with E-state index in [1.165, 1.54) is 11.1 Å². The first kappa shape index (κ1) is 20.4. The Balaban J connectivity index is 1.54. The minimum atomic E-state index is -0.478. The van der Waals surface area contributed by atoms with Crippen LogP contribution in [0.2, 0.25) is 0 Å².